The van der Waals surface area contributed by atoms with Gasteiger partial charge in [-0.3, -0.25) is 0 Å². The maximum atomic E-state index is 13.8. The molecule has 0 fully saturated rings. The molecule has 1 aromatic carbocycles. The number of hydrogen-bond donors (Lipinski definition) is 1. The number of carbonyl (C=O) groups is 1. The molecule has 26 heavy (non-hydrogen) atoms. The lowest BCUT2D eigenvalue weighted by atomic mass is 9.93. The van der Waals surface area contributed by atoms with Crippen LogP contribution in [0.4, 0.5) is 39.5 Å². The van der Waals surface area contributed by atoms with Crippen molar-refractivity contribution < 1.29 is 49.0 Å². The molecule has 150 valence electrons. The molecule has 0 bridgehead atoms. The van der Waals surface area contributed by atoms with Crippen molar-refractivity contribution in [1.82, 2.24) is 0 Å². The van der Waals surface area contributed by atoms with Crippen molar-refractivity contribution in [2.75, 3.05) is 6.61 Å². The van der Waals surface area contributed by atoms with Gasteiger partial charge in [0.05, 0.1) is 17.7 Å². The minimum absolute atomic E-state index is 0. The predicted octanol–water partition coefficient (Wildman–Crippen LogP) is 4.48. The van der Waals surface area contributed by atoms with Crippen LogP contribution in [0, 0.1) is 5.82 Å². The topological polar surface area (TPSA) is 52.3 Å². The molecule has 1 atom stereocenters. The molecular formula is C13H11ClF9NO2. The van der Waals surface area contributed by atoms with Crippen molar-refractivity contribution in [2.45, 2.75) is 31.2 Å². The van der Waals surface area contributed by atoms with Crippen LogP contribution in [-0.4, -0.2) is 18.5 Å². The third-order valence-corrected chi connectivity index (χ3v) is 3.01. The van der Waals surface area contributed by atoms with Crippen molar-refractivity contribution in [3.05, 3.63) is 34.6 Å². The number of ether oxygens (including phenoxy) is 1. The summed E-state index contributed by atoms with van der Waals surface area (Å²) in [5.41, 5.74) is -1.50. The third kappa shape index (κ3) is 4.93. The van der Waals surface area contributed by atoms with Crippen LogP contribution in [0.5, 0.6) is 0 Å². The summed E-state index contributed by atoms with van der Waals surface area (Å²) in [6.07, 6.45) is -11.0. The lowest BCUT2D eigenvalue weighted by molar-refractivity contribution is -0.175. The Morgan fingerprint density at radius 3 is 1.96 bits per heavy atom. The van der Waals surface area contributed by atoms with Gasteiger partial charge >= 0.3 is 24.2 Å². The first-order valence-corrected chi connectivity index (χ1v) is 6.42. The summed E-state index contributed by atoms with van der Waals surface area (Å²) >= 11 is 0. The van der Waals surface area contributed by atoms with E-state index in [0.717, 1.165) is 6.92 Å². The van der Waals surface area contributed by atoms with E-state index in [4.69, 9.17) is 5.73 Å². The van der Waals surface area contributed by atoms with E-state index in [1.165, 1.54) is 0 Å². The maximum Gasteiger partial charge on any atom is 0.416 e. The molecule has 2 N–H and O–H groups in total. The van der Waals surface area contributed by atoms with Crippen molar-refractivity contribution in [1.29, 1.82) is 0 Å². The quantitative estimate of drug-likeness (QED) is 0.578. The number of esters is 1. The van der Waals surface area contributed by atoms with Crippen LogP contribution in [0.3, 0.4) is 0 Å². The van der Waals surface area contributed by atoms with Gasteiger partial charge in [0.1, 0.15) is 11.9 Å². The van der Waals surface area contributed by atoms with E-state index >= 15 is 0 Å². The molecular weight excluding hydrogens is 409 g/mol. The molecule has 13 heteroatoms. The fraction of sp³-hybridized carbons (Fsp3) is 0.462. The van der Waals surface area contributed by atoms with Crippen LogP contribution in [0.15, 0.2) is 12.1 Å². The smallest absolute Gasteiger partial charge is 0.416 e. The Balaban J connectivity index is 0.00000625. The van der Waals surface area contributed by atoms with Crippen LogP contribution in [0.1, 0.15) is 29.7 Å². The van der Waals surface area contributed by atoms with Gasteiger partial charge in [-0.25, -0.2) is 9.18 Å². The minimum Gasteiger partial charge on any atom is -0.462 e. The van der Waals surface area contributed by atoms with Crippen molar-refractivity contribution >= 4 is 18.4 Å². The summed E-state index contributed by atoms with van der Waals surface area (Å²) in [7, 11) is 0. The molecule has 1 aromatic rings. The van der Waals surface area contributed by atoms with E-state index < -0.39 is 71.5 Å². The van der Waals surface area contributed by atoms with Gasteiger partial charge in [-0.15, -0.1) is 12.4 Å². The van der Waals surface area contributed by atoms with E-state index in [1.807, 2.05) is 0 Å². The summed E-state index contributed by atoms with van der Waals surface area (Å²) in [5.74, 6) is -9.43. The van der Waals surface area contributed by atoms with E-state index in [2.05, 4.69) is 4.74 Å². The highest BCUT2D eigenvalue weighted by Gasteiger charge is 2.52. The van der Waals surface area contributed by atoms with Crippen molar-refractivity contribution in [3.8, 4) is 0 Å². The molecule has 0 aromatic heterocycles. The number of rotatable bonds is 4. The number of nitrogens with two attached hydrogens (primary N) is 1. The van der Waals surface area contributed by atoms with E-state index in [9.17, 15) is 44.3 Å². The molecule has 0 aliphatic heterocycles. The van der Waals surface area contributed by atoms with Gasteiger partial charge in [0, 0.05) is 5.56 Å². The predicted molar refractivity (Wildman–Crippen MR) is 72.2 cm³/mol. The summed E-state index contributed by atoms with van der Waals surface area (Å²) in [6, 6.07) is -4.18. The maximum absolute atomic E-state index is 13.8. The fourth-order valence-corrected chi connectivity index (χ4v) is 1.87. The SMILES string of the molecule is CCOC(=O)C(F)(F)[C@H](N)c1c(F)cc(C(F)(F)F)cc1C(F)(F)F.Cl. The lowest BCUT2D eigenvalue weighted by Gasteiger charge is -2.25. The Bertz CT molecular complexity index is 658. The number of carbonyl (C=O) groups excluding carboxylic acids is 1. The normalized spacial score (nSPS) is 13.8. The summed E-state index contributed by atoms with van der Waals surface area (Å²) in [6.45, 7) is 0.530. The number of benzene rings is 1. The highest BCUT2D eigenvalue weighted by Crippen LogP contribution is 2.43. The molecule has 1 rings (SSSR count). The number of halogens is 10. The highest BCUT2D eigenvalue weighted by atomic mass is 35.5. The van der Waals surface area contributed by atoms with Gasteiger partial charge in [0.2, 0.25) is 0 Å². The third-order valence-electron chi connectivity index (χ3n) is 3.01. The summed E-state index contributed by atoms with van der Waals surface area (Å²) in [4.78, 5) is 11.1. The first-order valence-electron chi connectivity index (χ1n) is 6.42. The van der Waals surface area contributed by atoms with Crippen LogP contribution in [0.25, 0.3) is 0 Å². The summed E-state index contributed by atoms with van der Waals surface area (Å²) < 4.78 is 122. The van der Waals surface area contributed by atoms with E-state index in [-0.39, 0.29) is 12.4 Å². The second kappa shape index (κ2) is 7.91. The lowest BCUT2D eigenvalue weighted by Crippen LogP contribution is -2.43. The van der Waals surface area contributed by atoms with Crippen molar-refractivity contribution in [3.63, 3.8) is 0 Å². The fourth-order valence-electron chi connectivity index (χ4n) is 1.87. The van der Waals surface area contributed by atoms with Crippen molar-refractivity contribution in [2.24, 2.45) is 5.73 Å². The average molecular weight is 420 g/mol. The van der Waals surface area contributed by atoms with Gasteiger partial charge in [-0.2, -0.15) is 35.1 Å². The average Bonchev–Trinajstić information content (AvgIpc) is 2.43. The Morgan fingerprint density at radius 1 is 1.08 bits per heavy atom. The number of hydrogen-bond acceptors (Lipinski definition) is 3. The Hall–Kier alpha value is -1.69. The van der Waals surface area contributed by atoms with Gasteiger partial charge < -0.3 is 10.5 Å². The first-order chi connectivity index (χ1) is 11.1. The standard InChI is InChI=1S/C13H10F9NO2.ClH/c1-2-25-10(24)11(15,16)9(23)8-6(13(20,21)22)3-5(4-7(8)14)12(17,18)19;/h3-4,9H,2,23H2,1H3;1H/t9-;/m1./s1. The van der Waals surface area contributed by atoms with Gasteiger partial charge in [-0.1, -0.05) is 0 Å². The van der Waals surface area contributed by atoms with Crippen LogP contribution >= 0.6 is 12.4 Å². The van der Waals surface area contributed by atoms with E-state index in [1.54, 1.807) is 0 Å². The first kappa shape index (κ1) is 24.3. The molecule has 0 saturated heterocycles. The van der Waals surface area contributed by atoms with Crippen LogP contribution in [-0.2, 0) is 21.9 Å². The molecule has 0 unspecified atom stereocenters. The Labute approximate surface area is 146 Å². The largest absolute Gasteiger partial charge is 0.462 e. The minimum atomic E-state index is -5.64. The Morgan fingerprint density at radius 2 is 1.58 bits per heavy atom. The van der Waals surface area contributed by atoms with Gasteiger partial charge in [0.15, 0.2) is 0 Å². The highest BCUT2D eigenvalue weighted by molar-refractivity contribution is 5.85. The van der Waals surface area contributed by atoms with Crippen LogP contribution in [0.2, 0.25) is 0 Å². The molecule has 0 aliphatic rings. The zero-order valence-electron chi connectivity index (χ0n) is 12.6. The van der Waals surface area contributed by atoms with E-state index in [0.29, 0.717) is 0 Å². The Kier molecular flexibility index (Phi) is 7.39. The molecule has 0 amide bonds. The van der Waals surface area contributed by atoms with Gasteiger partial charge in [0.25, 0.3) is 0 Å². The molecule has 3 nitrogen and oxygen atoms in total. The zero-order valence-corrected chi connectivity index (χ0v) is 13.5. The second-order valence-electron chi connectivity index (χ2n) is 4.74. The molecule has 0 radical (unpaired) electrons. The zero-order chi connectivity index (χ0) is 19.8. The molecule has 0 heterocycles. The summed E-state index contributed by atoms with van der Waals surface area (Å²) in [5, 5.41) is 0. The molecule has 0 saturated carbocycles. The monoisotopic (exact) mass is 419 g/mol. The van der Waals surface area contributed by atoms with Gasteiger partial charge in [-0.05, 0) is 19.1 Å². The molecule has 0 spiro atoms. The van der Waals surface area contributed by atoms with Crippen LogP contribution < -0.4 is 5.73 Å². The molecule has 0 aliphatic carbocycles. The second-order valence-corrected chi connectivity index (χ2v) is 4.74. The number of alkyl halides is 8.